The highest BCUT2D eigenvalue weighted by molar-refractivity contribution is 8.93. The van der Waals surface area contributed by atoms with Gasteiger partial charge in [-0.2, -0.15) is 0 Å². The fourth-order valence-corrected chi connectivity index (χ4v) is 0.999. The van der Waals surface area contributed by atoms with Crippen LogP contribution >= 0.6 is 17.0 Å². The monoisotopic (exact) mass is 273 g/mol. The second-order valence-electron chi connectivity index (χ2n) is 2.44. The summed E-state index contributed by atoms with van der Waals surface area (Å²) in [5, 5.41) is 10.6. The number of nitrogens with one attached hydrogen (secondary N) is 1. The van der Waals surface area contributed by atoms with Crippen LogP contribution in [-0.4, -0.2) is 23.4 Å². The number of benzene rings is 1. The Balaban J connectivity index is 0.00000196. The number of hydrogen-bond donors (Lipinski definition) is 2. The van der Waals surface area contributed by atoms with E-state index in [2.05, 4.69) is 0 Å². The van der Waals surface area contributed by atoms with Crippen LogP contribution in [0.1, 0.15) is 20.7 Å². The molecule has 1 aromatic carbocycles. The number of carbonyl (C=O) groups excluding carboxylic acids is 2. The van der Waals surface area contributed by atoms with Gasteiger partial charge in [0.2, 0.25) is 6.41 Å². The molecule has 0 spiro atoms. The lowest BCUT2D eigenvalue weighted by Crippen LogP contribution is -2.23. The number of carboxylic acid groups (broad SMARTS) is 1. The van der Waals surface area contributed by atoms with Crippen LogP contribution < -0.4 is 5.32 Å². The minimum Gasteiger partial charge on any atom is -0.478 e. The van der Waals surface area contributed by atoms with Gasteiger partial charge < -0.3 is 5.11 Å². The number of halogens is 1. The first-order valence-corrected chi connectivity index (χ1v) is 3.73. The molecule has 0 aliphatic heterocycles. The summed E-state index contributed by atoms with van der Waals surface area (Å²) >= 11 is 0. The van der Waals surface area contributed by atoms with Gasteiger partial charge in [0.25, 0.3) is 5.91 Å². The first-order chi connectivity index (χ1) is 6.66. The molecule has 5 nitrogen and oxygen atoms in total. The SMILES string of the molecule is Br.O=CNC(=O)c1ccccc1C(=O)O. The lowest BCUT2D eigenvalue weighted by molar-refractivity contribution is -0.108. The van der Waals surface area contributed by atoms with Crippen molar-refractivity contribution in [3.05, 3.63) is 35.4 Å². The highest BCUT2D eigenvalue weighted by Crippen LogP contribution is 2.07. The minimum absolute atomic E-state index is 0. The van der Waals surface area contributed by atoms with E-state index in [1.807, 2.05) is 5.32 Å². The fourth-order valence-electron chi connectivity index (χ4n) is 0.999. The Bertz CT molecular complexity index is 391. The van der Waals surface area contributed by atoms with Gasteiger partial charge in [-0.05, 0) is 12.1 Å². The van der Waals surface area contributed by atoms with Crippen LogP contribution in [0, 0.1) is 0 Å². The van der Waals surface area contributed by atoms with E-state index in [1.165, 1.54) is 24.3 Å². The van der Waals surface area contributed by atoms with Crippen molar-refractivity contribution in [2.75, 3.05) is 0 Å². The molecule has 0 unspecified atom stereocenters. The molecule has 6 heteroatoms. The van der Waals surface area contributed by atoms with Gasteiger partial charge in [0.1, 0.15) is 0 Å². The van der Waals surface area contributed by atoms with E-state index in [9.17, 15) is 14.4 Å². The molecule has 0 saturated carbocycles. The predicted octanol–water partition coefficient (Wildman–Crippen LogP) is 0.849. The molecule has 0 radical (unpaired) electrons. The van der Waals surface area contributed by atoms with Crippen molar-refractivity contribution in [2.24, 2.45) is 0 Å². The fraction of sp³-hybridized carbons (Fsp3) is 0. The maximum absolute atomic E-state index is 11.2. The summed E-state index contributed by atoms with van der Waals surface area (Å²) in [5.74, 6) is -1.93. The molecule has 0 atom stereocenters. The minimum atomic E-state index is -1.21. The maximum atomic E-state index is 11.2. The molecule has 1 rings (SSSR count). The van der Waals surface area contributed by atoms with E-state index in [0.717, 1.165) is 0 Å². The Morgan fingerprint density at radius 3 is 2.20 bits per heavy atom. The second kappa shape index (κ2) is 5.92. The molecule has 0 aliphatic rings. The molecule has 0 heterocycles. The average molecular weight is 274 g/mol. The van der Waals surface area contributed by atoms with E-state index in [0.29, 0.717) is 0 Å². The van der Waals surface area contributed by atoms with Gasteiger partial charge in [0, 0.05) is 0 Å². The van der Waals surface area contributed by atoms with Crippen LogP contribution in [0.3, 0.4) is 0 Å². The molecular weight excluding hydrogens is 266 g/mol. The third kappa shape index (κ3) is 3.17. The van der Waals surface area contributed by atoms with Crippen LogP contribution in [0.2, 0.25) is 0 Å². The van der Waals surface area contributed by atoms with Crippen LogP contribution in [0.4, 0.5) is 0 Å². The van der Waals surface area contributed by atoms with Gasteiger partial charge in [-0.15, -0.1) is 17.0 Å². The smallest absolute Gasteiger partial charge is 0.336 e. The Hall–Kier alpha value is -1.69. The van der Waals surface area contributed by atoms with Gasteiger partial charge in [-0.25, -0.2) is 4.79 Å². The van der Waals surface area contributed by atoms with Crippen LogP contribution in [0.25, 0.3) is 0 Å². The number of hydrogen-bond acceptors (Lipinski definition) is 3. The topological polar surface area (TPSA) is 83.5 Å². The Kier molecular flexibility index (Phi) is 5.25. The quantitative estimate of drug-likeness (QED) is 0.800. The van der Waals surface area contributed by atoms with Crippen molar-refractivity contribution in [2.45, 2.75) is 0 Å². The molecule has 1 aromatic rings. The second-order valence-corrected chi connectivity index (χ2v) is 2.44. The summed E-state index contributed by atoms with van der Waals surface area (Å²) in [5.41, 5.74) is -0.168. The Morgan fingerprint density at radius 1 is 1.20 bits per heavy atom. The molecule has 0 aliphatic carbocycles. The number of amides is 2. The van der Waals surface area contributed by atoms with Gasteiger partial charge >= 0.3 is 5.97 Å². The van der Waals surface area contributed by atoms with Crippen molar-refractivity contribution in [3.63, 3.8) is 0 Å². The number of aromatic carboxylic acids is 1. The molecule has 15 heavy (non-hydrogen) atoms. The van der Waals surface area contributed by atoms with Crippen molar-refractivity contribution < 1.29 is 19.5 Å². The van der Waals surface area contributed by atoms with Gasteiger partial charge in [-0.3, -0.25) is 14.9 Å². The van der Waals surface area contributed by atoms with Crippen LogP contribution in [-0.2, 0) is 4.79 Å². The lowest BCUT2D eigenvalue weighted by atomic mass is 10.1. The number of rotatable bonds is 3. The van der Waals surface area contributed by atoms with E-state index >= 15 is 0 Å². The maximum Gasteiger partial charge on any atom is 0.336 e. The van der Waals surface area contributed by atoms with Gasteiger partial charge in [0.15, 0.2) is 0 Å². The van der Waals surface area contributed by atoms with Crippen LogP contribution in [0.15, 0.2) is 24.3 Å². The highest BCUT2D eigenvalue weighted by atomic mass is 79.9. The summed E-state index contributed by atoms with van der Waals surface area (Å²) < 4.78 is 0. The Morgan fingerprint density at radius 2 is 1.73 bits per heavy atom. The van der Waals surface area contributed by atoms with Crippen molar-refractivity contribution in [1.82, 2.24) is 5.32 Å². The molecular formula is C9H8BrNO4. The molecule has 0 saturated heterocycles. The number of carboxylic acids is 1. The standard InChI is InChI=1S/C9H7NO4.BrH/c11-5-10-8(12)6-3-1-2-4-7(6)9(13)14;/h1-5H,(H,13,14)(H,10,11,12);1H. The van der Waals surface area contributed by atoms with E-state index < -0.39 is 11.9 Å². The summed E-state index contributed by atoms with van der Waals surface area (Å²) in [7, 11) is 0. The highest BCUT2D eigenvalue weighted by Gasteiger charge is 2.14. The molecule has 80 valence electrons. The summed E-state index contributed by atoms with van der Waals surface area (Å²) in [6, 6.07) is 5.65. The molecule has 2 amide bonds. The van der Waals surface area contributed by atoms with E-state index in [4.69, 9.17) is 5.11 Å². The molecule has 0 fully saturated rings. The molecule has 0 aromatic heterocycles. The Labute approximate surface area is 95.9 Å². The molecule has 2 N–H and O–H groups in total. The third-order valence-electron chi connectivity index (χ3n) is 1.59. The number of imide groups is 1. The molecule has 0 bridgehead atoms. The normalized spacial score (nSPS) is 8.53. The largest absolute Gasteiger partial charge is 0.478 e. The first kappa shape index (κ1) is 13.3. The average Bonchev–Trinajstić information content (AvgIpc) is 2.18. The zero-order valence-electron chi connectivity index (χ0n) is 7.47. The predicted molar refractivity (Wildman–Crippen MR) is 57.3 cm³/mol. The third-order valence-corrected chi connectivity index (χ3v) is 1.59. The zero-order valence-corrected chi connectivity index (χ0v) is 9.18. The van der Waals surface area contributed by atoms with Crippen molar-refractivity contribution in [3.8, 4) is 0 Å². The summed E-state index contributed by atoms with van der Waals surface area (Å²) in [6.45, 7) is 0. The first-order valence-electron chi connectivity index (χ1n) is 3.73. The van der Waals surface area contributed by atoms with Gasteiger partial charge in [-0.1, -0.05) is 12.1 Å². The van der Waals surface area contributed by atoms with E-state index in [-0.39, 0.29) is 34.5 Å². The zero-order chi connectivity index (χ0) is 10.6. The van der Waals surface area contributed by atoms with E-state index in [1.54, 1.807) is 0 Å². The van der Waals surface area contributed by atoms with Crippen molar-refractivity contribution >= 4 is 35.3 Å². The van der Waals surface area contributed by atoms with Gasteiger partial charge in [0.05, 0.1) is 11.1 Å². The summed E-state index contributed by atoms with van der Waals surface area (Å²) in [4.78, 5) is 31.8. The summed E-state index contributed by atoms with van der Waals surface area (Å²) in [6.07, 6.45) is 0.209. The van der Waals surface area contributed by atoms with Crippen LogP contribution in [0.5, 0.6) is 0 Å². The lowest BCUT2D eigenvalue weighted by Gasteiger charge is -2.02. The van der Waals surface area contributed by atoms with Crippen molar-refractivity contribution in [1.29, 1.82) is 0 Å². The number of carbonyl (C=O) groups is 3.